The lowest BCUT2D eigenvalue weighted by Gasteiger charge is -2.45. The van der Waals surface area contributed by atoms with Crippen LogP contribution in [-0.4, -0.2) is 42.7 Å². The van der Waals surface area contributed by atoms with Crippen molar-refractivity contribution in [1.82, 2.24) is 4.90 Å². The number of hydrogen-bond acceptors (Lipinski definition) is 2. The smallest absolute Gasteiger partial charge is 0.303 e. The molecule has 0 N–H and O–H groups in total. The minimum atomic E-state index is -4.59. The standard InChI is InChI=1S/C29H45F6NO/c1-27(2,3)22-7-4-18(5-8-22)16-36-17-20(10-11-37)25-14-19(6-9-26(25)36)21-12-23(28(30,31)32)15-24(13-21)29(33,34)35/h11,18-26H,4-10,12-17H2,1-3H3. The highest BCUT2D eigenvalue weighted by atomic mass is 19.4. The molecule has 1 heterocycles. The zero-order chi connectivity index (χ0) is 27.2. The van der Waals surface area contributed by atoms with Gasteiger partial charge in [-0.15, -0.1) is 0 Å². The molecule has 0 aromatic rings. The van der Waals surface area contributed by atoms with Gasteiger partial charge in [-0.05, 0) is 105 Å². The van der Waals surface area contributed by atoms with E-state index in [-0.39, 0.29) is 30.6 Å². The molecule has 2 nitrogen and oxygen atoms in total. The molecule has 4 aliphatic rings. The van der Waals surface area contributed by atoms with Gasteiger partial charge in [-0.1, -0.05) is 20.8 Å². The largest absolute Gasteiger partial charge is 0.391 e. The van der Waals surface area contributed by atoms with E-state index in [0.29, 0.717) is 36.6 Å². The summed E-state index contributed by atoms with van der Waals surface area (Å²) in [6, 6.07) is 0.307. The number of rotatable bonds is 5. The van der Waals surface area contributed by atoms with Gasteiger partial charge in [0.25, 0.3) is 0 Å². The van der Waals surface area contributed by atoms with Gasteiger partial charge < -0.3 is 4.79 Å². The summed E-state index contributed by atoms with van der Waals surface area (Å²) in [4.78, 5) is 14.0. The molecule has 0 aromatic heterocycles. The van der Waals surface area contributed by atoms with Gasteiger partial charge >= 0.3 is 12.4 Å². The first kappa shape index (κ1) is 29.2. The average molecular weight is 538 g/mol. The van der Waals surface area contributed by atoms with Crippen LogP contribution in [-0.2, 0) is 4.79 Å². The first-order valence-electron chi connectivity index (χ1n) is 14.5. The Labute approximate surface area is 218 Å². The van der Waals surface area contributed by atoms with Crippen LogP contribution in [0.25, 0.3) is 0 Å². The van der Waals surface area contributed by atoms with E-state index in [1.54, 1.807) is 0 Å². The predicted molar refractivity (Wildman–Crippen MR) is 132 cm³/mol. The fraction of sp³-hybridized carbons (Fsp3) is 0.966. The molecule has 37 heavy (non-hydrogen) atoms. The Balaban J connectivity index is 1.41. The zero-order valence-electron chi connectivity index (χ0n) is 22.6. The summed E-state index contributed by atoms with van der Waals surface area (Å²) >= 11 is 0. The van der Waals surface area contributed by atoms with Crippen molar-refractivity contribution in [1.29, 1.82) is 0 Å². The molecule has 214 valence electrons. The Kier molecular flexibility index (Phi) is 8.68. The quantitative estimate of drug-likeness (QED) is 0.260. The average Bonchev–Trinajstić information content (AvgIpc) is 3.14. The third-order valence-corrected chi connectivity index (χ3v) is 10.7. The number of aldehydes is 1. The van der Waals surface area contributed by atoms with E-state index in [4.69, 9.17) is 0 Å². The van der Waals surface area contributed by atoms with Gasteiger partial charge in [-0.2, -0.15) is 26.3 Å². The van der Waals surface area contributed by atoms with Crippen LogP contribution in [0.1, 0.15) is 91.4 Å². The van der Waals surface area contributed by atoms with Crippen LogP contribution in [0, 0.1) is 52.8 Å². The van der Waals surface area contributed by atoms with Crippen LogP contribution in [0.2, 0.25) is 0 Å². The zero-order valence-corrected chi connectivity index (χ0v) is 22.6. The number of fused-ring (bicyclic) bond motifs is 1. The Morgan fingerprint density at radius 1 is 0.730 bits per heavy atom. The lowest BCUT2D eigenvalue weighted by molar-refractivity contribution is -0.231. The molecule has 6 unspecified atom stereocenters. The molecular weight excluding hydrogens is 492 g/mol. The number of likely N-dealkylation sites (tertiary alicyclic amines) is 1. The Morgan fingerprint density at radius 2 is 1.32 bits per heavy atom. The van der Waals surface area contributed by atoms with Crippen molar-refractivity contribution in [2.24, 2.45) is 52.8 Å². The van der Waals surface area contributed by atoms with Crippen molar-refractivity contribution in [2.45, 2.75) is 110 Å². The van der Waals surface area contributed by atoms with Gasteiger partial charge in [0, 0.05) is 25.6 Å². The molecule has 8 heteroatoms. The van der Waals surface area contributed by atoms with Crippen LogP contribution in [0.5, 0.6) is 0 Å². The van der Waals surface area contributed by atoms with E-state index >= 15 is 0 Å². The monoisotopic (exact) mass is 537 g/mol. The highest BCUT2D eigenvalue weighted by Gasteiger charge is 2.54. The summed E-state index contributed by atoms with van der Waals surface area (Å²) in [5.74, 6) is -2.68. The van der Waals surface area contributed by atoms with Gasteiger partial charge in [-0.25, -0.2) is 0 Å². The molecule has 0 radical (unpaired) electrons. The highest BCUT2D eigenvalue weighted by Crippen LogP contribution is 2.54. The summed E-state index contributed by atoms with van der Waals surface area (Å²) in [5.41, 5.74) is 0.326. The fourth-order valence-electron chi connectivity index (χ4n) is 8.59. The van der Waals surface area contributed by atoms with Crippen molar-refractivity contribution in [3.05, 3.63) is 0 Å². The van der Waals surface area contributed by atoms with Crippen LogP contribution in [0.15, 0.2) is 0 Å². The lowest BCUT2D eigenvalue weighted by Crippen LogP contribution is -2.44. The topological polar surface area (TPSA) is 20.3 Å². The third kappa shape index (κ3) is 6.87. The molecule has 1 aliphatic heterocycles. The molecule has 3 saturated carbocycles. The number of hydrogen-bond donors (Lipinski definition) is 0. The summed E-state index contributed by atoms with van der Waals surface area (Å²) in [5, 5.41) is 0. The van der Waals surface area contributed by atoms with Gasteiger partial charge in [0.1, 0.15) is 6.29 Å². The second kappa shape index (κ2) is 11.0. The van der Waals surface area contributed by atoms with Crippen LogP contribution in [0.3, 0.4) is 0 Å². The highest BCUT2D eigenvalue weighted by molar-refractivity contribution is 5.50. The molecule has 3 aliphatic carbocycles. The summed E-state index contributed by atoms with van der Waals surface area (Å²) in [6.07, 6.45) is -1.93. The summed E-state index contributed by atoms with van der Waals surface area (Å²) < 4.78 is 81.4. The summed E-state index contributed by atoms with van der Waals surface area (Å²) in [6.45, 7) is 8.78. The van der Waals surface area contributed by atoms with Gasteiger partial charge in [0.15, 0.2) is 0 Å². The number of halogens is 6. The number of nitrogens with zero attached hydrogens (tertiary/aromatic N) is 1. The van der Waals surface area contributed by atoms with Gasteiger partial charge in [0.05, 0.1) is 11.8 Å². The Hall–Kier alpha value is -0.790. The maximum atomic E-state index is 13.6. The molecule has 0 aromatic carbocycles. The second-order valence-electron chi connectivity index (χ2n) is 13.9. The van der Waals surface area contributed by atoms with Crippen LogP contribution < -0.4 is 0 Å². The minimum Gasteiger partial charge on any atom is -0.303 e. The minimum absolute atomic E-state index is 0.118. The molecule has 0 bridgehead atoms. The normalized spacial score (nSPS) is 40.4. The molecule has 4 fully saturated rings. The van der Waals surface area contributed by atoms with Crippen molar-refractivity contribution in [2.75, 3.05) is 13.1 Å². The molecule has 1 saturated heterocycles. The Bertz CT molecular complexity index is 744. The number of carbonyl (C=O) groups excluding carboxylic acids is 1. The summed E-state index contributed by atoms with van der Waals surface area (Å²) in [7, 11) is 0. The SMILES string of the molecule is CC(C)(C)C1CCC(CN2CC(CC=O)C3CC(C4CC(C(F)(F)F)CC(C(F)(F)F)C4)CCC32)CC1. The molecule has 0 amide bonds. The van der Waals surface area contributed by atoms with E-state index in [0.717, 1.165) is 31.7 Å². The van der Waals surface area contributed by atoms with E-state index < -0.39 is 36.5 Å². The van der Waals surface area contributed by atoms with E-state index in [9.17, 15) is 31.1 Å². The first-order chi connectivity index (χ1) is 17.2. The van der Waals surface area contributed by atoms with Gasteiger partial charge in [-0.3, -0.25) is 4.90 Å². The third-order valence-electron chi connectivity index (χ3n) is 10.7. The van der Waals surface area contributed by atoms with E-state index in [1.807, 2.05) is 0 Å². The lowest BCUT2D eigenvalue weighted by atomic mass is 9.63. The maximum Gasteiger partial charge on any atom is 0.391 e. The van der Waals surface area contributed by atoms with Crippen molar-refractivity contribution in [3.63, 3.8) is 0 Å². The predicted octanol–water partition coefficient (Wildman–Crippen LogP) is 8.30. The Morgan fingerprint density at radius 3 is 1.84 bits per heavy atom. The molecule has 0 spiro atoms. The van der Waals surface area contributed by atoms with Crippen molar-refractivity contribution >= 4 is 6.29 Å². The maximum absolute atomic E-state index is 13.6. The van der Waals surface area contributed by atoms with Crippen LogP contribution >= 0.6 is 0 Å². The molecule has 6 atom stereocenters. The first-order valence-corrected chi connectivity index (χ1v) is 14.5. The van der Waals surface area contributed by atoms with Crippen LogP contribution in [0.4, 0.5) is 26.3 Å². The number of alkyl halides is 6. The van der Waals surface area contributed by atoms with Gasteiger partial charge in [0.2, 0.25) is 0 Å². The van der Waals surface area contributed by atoms with E-state index in [1.165, 1.54) is 25.7 Å². The van der Waals surface area contributed by atoms with Crippen molar-refractivity contribution < 1.29 is 31.1 Å². The van der Waals surface area contributed by atoms with Crippen molar-refractivity contribution in [3.8, 4) is 0 Å². The van der Waals surface area contributed by atoms with E-state index in [2.05, 4.69) is 25.7 Å². The fourth-order valence-corrected chi connectivity index (χ4v) is 8.59. The number of carbonyl (C=O) groups is 1. The molecule has 4 rings (SSSR count). The molecular formula is C29H45F6NO. The second-order valence-corrected chi connectivity index (χ2v) is 13.9.